The van der Waals surface area contributed by atoms with Crippen molar-refractivity contribution >= 4 is 23.1 Å². The van der Waals surface area contributed by atoms with Gasteiger partial charge in [-0.1, -0.05) is 0 Å². The third-order valence-electron chi connectivity index (χ3n) is 2.42. The van der Waals surface area contributed by atoms with Crippen LogP contribution in [-0.2, 0) is 5.60 Å². The molecule has 5 nitrogen and oxygen atoms in total. The number of carbonyl (C=O) groups is 1. The first-order valence-electron chi connectivity index (χ1n) is 5.41. The predicted molar refractivity (Wildman–Crippen MR) is 69.6 cm³/mol. The van der Waals surface area contributed by atoms with Crippen molar-refractivity contribution in [3.05, 3.63) is 41.0 Å². The van der Waals surface area contributed by atoms with Crippen molar-refractivity contribution in [2.24, 2.45) is 0 Å². The topological polar surface area (TPSA) is 74.5 Å². The highest BCUT2D eigenvalue weighted by Gasteiger charge is 2.26. The Hall–Kier alpha value is -1.79. The summed E-state index contributed by atoms with van der Waals surface area (Å²) in [7, 11) is 0. The SMILES string of the molecule is CC(O)(CNC(=O)Nc1ccsc1)c1ccco1. The summed E-state index contributed by atoms with van der Waals surface area (Å²) < 4.78 is 5.12. The Bertz CT molecular complexity index is 491. The van der Waals surface area contributed by atoms with E-state index in [0.717, 1.165) is 5.69 Å². The van der Waals surface area contributed by atoms with Crippen molar-refractivity contribution in [1.82, 2.24) is 5.32 Å². The van der Waals surface area contributed by atoms with Gasteiger partial charge in [0.15, 0.2) is 0 Å². The van der Waals surface area contributed by atoms with Crippen LogP contribution in [0, 0.1) is 0 Å². The van der Waals surface area contributed by atoms with Crippen LogP contribution in [-0.4, -0.2) is 17.7 Å². The van der Waals surface area contributed by atoms with Crippen LogP contribution >= 0.6 is 11.3 Å². The van der Waals surface area contributed by atoms with Gasteiger partial charge in [-0.15, -0.1) is 0 Å². The molecular weight excluding hydrogens is 252 g/mol. The van der Waals surface area contributed by atoms with E-state index in [4.69, 9.17) is 4.42 Å². The summed E-state index contributed by atoms with van der Waals surface area (Å²) in [5.74, 6) is 0.415. The maximum absolute atomic E-state index is 11.6. The minimum atomic E-state index is -1.23. The second-order valence-corrected chi connectivity index (χ2v) is 4.85. The summed E-state index contributed by atoms with van der Waals surface area (Å²) in [6.45, 7) is 1.65. The van der Waals surface area contributed by atoms with E-state index in [-0.39, 0.29) is 12.6 Å². The first kappa shape index (κ1) is 12.7. The minimum Gasteiger partial charge on any atom is -0.466 e. The molecule has 0 fully saturated rings. The number of urea groups is 1. The number of carbonyl (C=O) groups excluding carboxylic acids is 1. The highest BCUT2D eigenvalue weighted by atomic mass is 32.1. The number of anilines is 1. The monoisotopic (exact) mass is 266 g/mol. The lowest BCUT2D eigenvalue weighted by molar-refractivity contribution is 0.0372. The van der Waals surface area contributed by atoms with E-state index < -0.39 is 5.60 Å². The summed E-state index contributed by atoms with van der Waals surface area (Å²) in [4.78, 5) is 11.6. The van der Waals surface area contributed by atoms with Gasteiger partial charge in [0.05, 0.1) is 18.5 Å². The molecule has 0 bridgehead atoms. The van der Waals surface area contributed by atoms with Gasteiger partial charge < -0.3 is 20.2 Å². The molecule has 0 spiro atoms. The summed E-state index contributed by atoms with van der Waals surface area (Å²) in [5.41, 5.74) is -0.495. The number of hydrogen-bond donors (Lipinski definition) is 3. The Morgan fingerprint density at radius 3 is 3.00 bits per heavy atom. The molecule has 2 heterocycles. The fourth-order valence-corrected chi connectivity index (χ4v) is 2.02. The van der Waals surface area contributed by atoms with Gasteiger partial charge in [0, 0.05) is 5.38 Å². The second-order valence-electron chi connectivity index (χ2n) is 4.07. The molecule has 2 amide bonds. The fourth-order valence-electron chi connectivity index (χ4n) is 1.44. The second kappa shape index (κ2) is 5.24. The van der Waals surface area contributed by atoms with E-state index in [1.54, 1.807) is 25.1 Å². The number of thiophene rings is 1. The number of rotatable bonds is 4. The van der Waals surface area contributed by atoms with Crippen LogP contribution in [0.1, 0.15) is 12.7 Å². The molecule has 2 aromatic rings. The zero-order valence-corrected chi connectivity index (χ0v) is 10.7. The number of furan rings is 1. The van der Waals surface area contributed by atoms with Gasteiger partial charge in [-0.25, -0.2) is 4.79 Å². The minimum absolute atomic E-state index is 0.0660. The van der Waals surface area contributed by atoms with E-state index in [1.807, 2.05) is 10.8 Å². The maximum Gasteiger partial charge on any atom is 0.319 e. The van der Waals surface area contributed by atoms with E-state index in [0.29, 0.717) is 5.76 Å². The molecule has 1 atom stereocenters. The van der Waals surface area contributed by atoms with Gasteiger partial charge in [0.25, 0.3) is 0 Å². The van der Waals surface area contributed by atoms with Crippen LogP contribution < -0.4 is 10.6 Å². The molecular formula is C12H14N2O3S. The first-order valence-corrected chi connectivity index (χ1v) is 6.35. The van der Waals surface area contributed by atoms with Gasteiger partial charge in [0.2, 0.25) is 0 Å². The molecule has 0 saturated heterocycles. The lowest BCUT2D eigenvalue weighted by Gasteiger charge is -2.21. The lowest BCUT2D eigenvalue weighted by Crippen LogP contribution is -2.40. The Balaban J connectivity index is 1.86. The van der Waals surface area contributed by atoms with Crippen molar-refractivity contribution in [2.45, 2.75) is 12.5 Å². The van der Waals surface area contributed by atoms with Crippen molar-refractivity contribution in [3.8, 4) is 0 Å². The molecule has 0 aliphatic rings. The number of hydrogen-bond acceptors (Lipinski definition) is 4. The van der Waals surface area contributed by atoms with E-state index in [1.165, 1.54) is 17.6 Å². The summed E-state index contributed by atoms with van der Waals surface area (Å²) in [6.07, 6.45) is 1.48. The Morgan fingerprint density at radius 2 is 2.39 bits per heavy atom. The van der Waals surface area contributed by atoms with Crippen molar-refractivity contribution < 1.29 is 14.3 Å². The van der Waals surface area contributed by atoms with Crippen LogP contribution in [0.25, 0.3) is 0 Å². The molecule has 1 unspecified atom stereocenters. The van der Waals surface area contributed by atoms with Crippen molar-refractivity contribution in [2.75, 3.05) is 11.9 Å². The van der Waals surface area contributed by atoms with Crippen molar-refractivity contribution in [3.63, 3.8) is 0 Å². The third-order valence-corrected chi connectivity index (χ3v) is 3.11. The highest BCUT2D eigenvalue weighted by Crippen LogP contribution is 2.19. The smallest absolute Gasteiger partial charge is 0.319 e. The molecule has 0 saturated carbocycles. The van der Waals surface area contributed by atoms with Gasteiger partial charge in [-0.2, -0.15) is 11.3 Å². The van der Waals surface area contributed by atoms with E-state index in [2.05, 4.69) is 10.6 Å². The summed E-state index contributed by atoms with van der Waals surface area (Å²) >= 11 is 1.50. The Kier molecular flexibility index (Phi) is 3.69. The molecule has 2 aromatic heterocycles. The number of nitrogens with one attached hydrogen (secondary N) is 2. The third kappa shape index (κ3) is 3.12. The van der Waals surface area contributed by atoms with Crippen LogP contribution in [0.3, 0.4) is 0 Å². The molecule has 0 radical (unpaired) electrons. The largest absolute Gasteiger partial charge is 0.466 e. The molecule has 6 heteroatoms. The Morgan fingerprint density at radius 1 is 1.56 bits per heavy atom. The molecule has 18 heavy (non-hydrogen) atoms. The normalized spacial score (nSPS) is 13.9. The molecule has 0 aromatic carbocycles. The van der Waals surface area contributed by atoms with Gasteiger partial charge in [-0.3, -0.25) is 0 Å². The zero-order valence-electron chi connectivity index (χ0n) is 9.84. The van der Waals surface area contributed by atoms with Crippen LogP contribution in [0.5, 0.6) is 0 Å². The van der Waals surface area contributed by atoms with Gasteiger partial charge >= 0.3 is 6.03 Å². The predicted octanol–water partition coefficient (Wildman–Crippen LogP) is 2.37. The van der Waals surface area contributed by atoms with Crippen LogP contribution in [0.4, 0.5) is 10.5 Å². The molecule has 2 rings (SSSR count). The van der Waals surface area contributed by atoms with Crippen LogP contribution in [0.15, 0.2) is 39.6 Å². The van der Waals surface area contributed by atoms with Crippen LogP contribution in [0.2, 0.25) is 0 Å². The molecule has 3 N–H and O–H groups in total. The quantitative estimate of drug-likeness (QED) is 0.795. The maximum atomic E-state index is 11.6. The molecule has 0 aliphatic heterocycles. The average Bonchev–Trinajstić information content (AvgIpc) is 2.99. The van der Waals surface area contributed by atoms with Crippen molar-refractivity contribution in [1.29, 1.82) is 0 Å². The van der Waals surface area contributed by atoms with E-state index >= 15 is 0 Å². The lowest BCUT2D eigenvalue weighted by atomic mass is 10.0. The van der Waals surface area contributed by atoms with Gasteiger partial charge in [-0.05, 0) is 30.5 Å². The van der Waals surface area contributed by atoms with E-state index in [9.17, 15) is 9.90 Å². The summed E-state index contributed by atoms with van der Waals surface area (Å²) in [5, 5.41) is 19.1. The first-order chi connectivity index (χ1) is 8.58. The number of aliphatic hydroxyl groups is 1. The molecule has 96 valence electrons. The highest BCUT2D eigenvalue weighted by molar-refractivity contribution is 7.08. The fraction of sp³-hybridized carbons (Fsp3) is 0.250. The average molecular weight is 266 g/mol. The zero-order chi connectivity index (χ0) is 13.0. The Labute approximate surface area is 108 Å². The van der Waals surface area contributed by atoms with Gasteiger partial charge in [0.1, 0.15) is 11.4 Å². The standard InChI is InChI=1S/C12H14N2O3S/c1-12(16,10-3-2-5-17-10)8-13-11(15)14-9-4-6-18-7-9/h2-7,16H,8H2,1H3,(H2,13,14,15). The number of amides is 2. The molecule has 0 aliphatic carbocycles. The summed E-state index contributed by atoms with van der Waals surface area (Å²) in [6, 6.07) is 4.79.